The second kappa shape index (κ2) is 10.3. The van der Waals surface area contributed by atoms with Gasteiger partial charge in [-0.25, -0.2) is 0 Å². The van der Waals surface area contributed by atoms with Gasteiger partial charge in [-0.05, 0) is 79.9 Å². The van der Waals surface area contributed by atoms with Gasteiger partial charge in [-0.3, -0.25) is 0 Å². The summed E-state index contributed by atoms with van der Waals surface area (Å²) in [7, 11) is 0. The Morgan fingerprint density at radius 3 is 2.62 bits per heavy atom. The Balaban J connectivity index is 1.52. The Bertz CT molecular complexity index is 804. The lowest BCUT2D eigenvalue weighted by atomic mass is 9.99. The maximum Gasteiger partial charge on any atom is 0.171 e. The first-order chi connectivity index (χ1) is 14.0. The zero-order valence-electron chi connectivity index (χ0n) is 17.4. The van der Waals surface area contributed by atoms with E-state index in [1.165, 1.54) is 24.1 Å². The number of hydrogen-bond acceptors (Lipinski definition) is 3. The van der Waals surface area contributed by atoms with Gasteiger partial charge in [-0.15, -0.1) is 0 Å². The van der Waals surface area contributed by atoms with Crippen LogP contribution in [0.1, 0.15) is 38.3 Å². The fourth-order valence-electron chi connectivity index (χ4n) is 3.63. The first-order valence-electron chi connectivity index (χ1n) is 10.3. The minimum atomic E-state index is 0.125. The zero-order valence-corrected chi connectivity index (χ0v) is 18.2. The number of hydrogen-bond donors (Lipinski definition) is 2. The number of benzene rings is 2. The van der Waals surface area contributed by atoms with Crippen LogP contribution in [0.25, 0.3) is 0 Å². The predicted octanol–water partition coefficient (Wildman–Crippen LogP) is 5.54. The molecule has 1 aliphatic heterocycles. The molecule has 1 saturated heterocycles. The molecule has 0 bridgehead atoms. The van der Waals surface area contributed by atoms with Gasteiger partial charge in [0.2, 0.25) is 0 Å². The van der Waals surface area contributed by atoms with Gasteiger partial charge in [-0.1, -0.05) is 31.7 Å². The third kappa shape index (κ3) is 6.23. The number of rotatable bonds is 7. The molecule has 2 atom stereocenters. The smallest absolute Gasteiger partial charge is 0.171 e. The third-order valence-electron chi connectivity index (χ3n) is 5.24. The Labute approximate surface area is 180 Å². The average Bonchev–Trinajstić information content (AvgIpc) is 2.73. The van der Waals surface area contributed by atoms with Gasteiger partial charge in [-0.2, -0.15) is 0 Å². The molecule has 1 aliphatic rings. The molecule has 0 amide bonds. The monoisotopic (exact) mass is 409 g/mol. The minimum absolute atomic E-state index is 0.125. The van der Waals surface area contributed by atoms with Crippen LogP contribution in [0.4, 0.5) is 11.4 Å². The average molecular weight is 410 g/mol. The molecule has 1 fully saturated rings. The Kier molecular flexibility index (Phi) is 7.53. The van der Waals surface area contributed by atoms with Crippen LogP contribution in [0.15, 0.2) is 61.2 Å². The molecular formula is C24H31N3OS. The first-order valence-corrected chi connectivity index (χ1v) is 10.7. The van der Waals surface area contributed by atoms with E-state index in [0.717, 1.165) is 30.4 Å². The summed E-state index contributed by atoms with van der Waals surface area (Å²) in [6, 6.07) is 16.7. The summed E-state index contributed by atoms with van der Waals surface area (Å²) in [4.78, 5) is 2.49. The molecule has 0 saturated carbocycles. The van der Waals surface area contributed by atoms with Crippen LogP contribution >= 0.6 is 12.2 Å². The topological polar surface area (TPSA) is 36.5 Å². The van der Waals surface area contributed by atoms with E-state index in [-0.39, 0.29) is 6.04 Å². The molecule has 29 heavy (non-hydrogen) atoms. The summed E-state index contributed by atoms with van der Waals surface area (Å²) in [6.07, 6.45) is 4.35. The van der Waals surface area contributed by atoms with Gasteiger partial charge in [0.25, 0.3) is 0 Å². The van der Waals surface area contributed by atoms with Gasteiger partial charge >= 0.3 is 0 Å². The zero-order chi connectivity index (χ0) is 20.6. The molecule has 154 valence electrons. The van der Waals surface area contributed by atoms with Crippen molar-refractivity contribution in [3.8, 4) is 5.75 Å². The number of nitrogens with one attached hydrogen (secondary N) is 2. The van der Waals surface area contributed by atoms with Crippen LogP contribution in [0.3, 0.4) is 0 Å². The standard InChI is InChI=1S/C24H31N3OS/c1-4-16-28-23-13-9-21(10-14-23)26-24(29)25-19(3)20-7-11-22(12-8-20)27-15-5-6-18(2)17-27/h4,7-14,18-19H,1,5-6,15-17H2,2-3H3,(H2,25,26,29). The number of piperidine rings is 1. The van der Waals surface area contributed by atoms with Crippen molar-refractivity contribution < 1.29 is 4.74 Å². The highest BCUT2D eigenvalue weighted by molar-refractivity contribution is 7.80. The molecule has 2 N–H and O–H groups in total. The predicted molar refractivity (Wildman–Crippen MR) is 127 cm³/mol. The Morgan fingerprint density at radius 2 is 1.97 bits per heavy atom. The summed E-state index contributed by atoms with van der Waals surface area (Å²) >= 11 is 5.48. The largest absolute Gasteiger partial charge is 0.490 e. The molecule has 5 heteroatoms. The van der Waals surface area contributed by atoms with Gasteiger partial charge in [0.05, 0.1) is 6.04 Å². The van der Waals surface area contributed by atoms with Gasteiger partial charge in [0.15, 0.2) is 5.11 Å². The number of thiocarbonyl (C=S) groups is 1. The summed E-state index contributed by atoms with van der Waals surface area (Å²) in [5.41, 5.74) is 3.46. The van der Waals surface area contributed by atoms with E-state index in [0.29, 0.717) is 11.7 Å². The highest BCUT2D eigenvalue weighted by Gasteiger charge is 2.17. The van der Waals surface area contributed by atoms with Crippen molar-refractivity contribution >= 4 is 28.7 Å². The highest BCUT2D eigenvalue weighted by atomic mass is 32.1. The van der Waals surface area contributed by atoms with E-state index in [4.69, 9.17) is 17.0 Å². The van der Waals surface area contributed by atoms with Crippen LogP contribution in [0.5, 0.6) is 5.75 Å². The van der Waals surface area contributed by atoms with Crippen molar-refractivity contribution in [1.29, 1.82) is 0 Å². The van der Waals surface area contributed by atoms with E-state index in [1.54, 1.807) is 6.08 Å². The molecule has 2 aromatic rings. The van der Waals surface area contributed by atoms with Gasteiger partial charge in [0, 0.05) is 24.5 Å². The van der Waals surface area contributed by atoms with Crippen molar-refractivity contribution in [3.05, 3.63) is 66.7 Å². The molecule has 3 rings (SSSR count). The maximum absolute atomic E-state index is 5.50. The summed E-state index contributed by atoms with van der Waals surface area (Å²) in [5.74, 6) is 1.58. The fraction of sp³-hybridized carbons (Fsp3) is 0.375. The quantitative estimate of drug-likeness (QED) is 0.464. The van der Waals surface area contributed by atoms with Crippen molar-refractivity contribution in [3.63, 3.8) is 0 Å². The van der Waals surface area contributed by atoms with Crippen molar-refractivity contribution in [2.45, 2.75) is 32.7 Å². The SMILES string of the molecule is C=CCOc1ccc(NC(=S)NC(C)c2ccc(N3CCCC(C)C3)cc2)cc1. The van der Waals surface area contributed by atoms with Crippen LogP contribution in [0.2, 0.25) is 0 Å². The highest BCUT2D eigenvalue weighted by Crippen LogP contribution is 2.24. The van der Waals surface area contributed by atoms with E-state index >= 15 is 0 Å². The number of anilines is 2. The lowest BCUT2D eigenvalue weighted by Crippen LogP contribution is -2.34. The van der Waals surface area contributed by atoms with Crippen molar-refractivity contribution in [2.75, 3.05) is 29.9 Å². The van der Waals surface area contributed by atoms with E-state index in [1.807, 2.05) is 24.3 Å². The molecule has 0 spiro atoms. The van der Waals surface area contributed by atoms with Crippen molar-refractivity contribution in [1.82, 2.24) is 5.32 Å². The first kappa shape index (κ1) is 21.2. The lowest BCUT2D eigenvalue weighted by molar-refractivity contribution is 0.363. The normalized spacial score (nSPS) is 17.3. The fourth-order valence-corrected chi connectivity index (χ4v) is 3.93. The number of ether oxygens (including phenoxy) is 1. The second-order valence-electron chi connectivity index (χ2n) is 7.73. The summed E-state index contributed by atoms with van der Waals surface area (Å²) in [5, 5.41) is 7.19. The summed E-state index contributed by atoms with van der Waals surface area (Å²) in [6.45, 7) is 10.9. The summed E-state index contributed by atoms with van der Waals surface area (Å²) < 4.78 is 5.50. The van der Waals surface area contributed by atoms with Crippen molar-refractivity contribution in [2.24, 2.45) is 5.92 Å². The molecule has 0 aromatic heterocycles. The molecule has 4 nitrogen and oxygen atoms in total. The molecule has 0 aliphatic carbocycles. The Morgan fingerprint density at radius 1 is 1.24 bits per heavy atom. The van der Waals surface area contributed by atoms with Gasteiger partial charge in [0.1, 0.15) is 12.4 Å². The van der Waals surface area contributed by atoms with Crippen LogP contribution < -0.4 is 20.3 Å². The van der Waals surface area contributed by atoms with E-state index in [9.17, 15) is 0 Å². The molecular weight excluding hydrogens is 378 g/mol. The van der Waals surface area contributed by atoms with E-state index in [2.05, 4.69) is 60.2 Å². The molecule has 1 heterocycles. The maximum atomic E-state index is 5.50. The van der Waals surface area contributed by atoms with Gasteiger partial charge < -0.3 is 20.3 Å². The third-order valence-corrected chi connectivity index (χ3v) is 5.46. The molecule has 0 radical (unpaired) electrons. The van der Waals surface area contributed by atoms with Crippen LogP contribution in [0, 0.1) is 5.92 Å². The lowest BCUT2D eigenvalue weighted by Gasteiger charge is -2.33. The van der Waals surface area contributed by atoms with E-state index < -0.39 is 0 Å². The van der Waals surface area contributed by atoms with Crippen LogP contribution in [-0.4, -0.2) is 24.8 Å². The Hall–Kier alpha value is -2.53. The minimum Gasteiger partial charge on any atom is -0.490 e. The number of nitrogens with zero attached hydrogens (tertiary/aromatic N) is 1. The molecule has 2 unspecified atom stereocenters. The molecule has 2 aromatic carbocycles. The second-order valence-corrected chi connectivity index (χ2v) is 8.14. The van der Waals surface area contributed by atoms with Crippen LogP contribution in [-0.2, 0) is 0 Å².